The van der Waals surface area contributed by atoms with E-state index in [-0.39, 0.29) is 49.1 Å². The number of ether oxygens (including phenoxy) is 3. The Morgan fingerprint density at radius 3 is 1.61 bits per heavy atom. The van der Waals surface area contributed by atoms with E-state index in [1.807, 2.05) is 0 Å². The van der Waals surface area contributed by atoms with E-state index < -0.39 is 18.1 Å². The molecule has 2 atom stereocenters. The van der Waals surface area contributed by atoms with Crippen LogP contribution in [-0.2, 0) is 28.6 Å². The topological polar surface area (TPSA) is 102 Å². The number of nitrogens with zero attached hydrogens (tertiary/aromatic N) is 1. The molecular weight excluding hydrogens is 642 g/mol. The molecule has 0 aliphatic heterocycles. The summed E-state index contributed by atoms with van der Waals surface area (Å²) in [5, 5.41) is 11.6. The van der Waals surface area contributed by atoms with E-state index >= 15 is 0 Å². The Kier molecular flexibility index (Phi) is 33.0. The van der Waals surface area contributed by atoms with Gasteiger partial charge in [0.05, 0.1) is 40.3 Å². The number of hydrogen-bond acceptors (Lipinski definition) is 7. The van der Waals surface area contributed by atoms with E-state index in [2.05, 4.69) is 50.3 Å². The maximum Gasteiger partial charge on any atom is 0.306 e. The van der Waals surface area contributed by atoms with Crippen LogP contribution in [-0.4, -0.2) is 75.5 Å². The number of likely N-dealkylation sites (N-methyl/N-ethyl adjacent to an activating group) is 1. The zero-order valence-electron chi connectivity index (χ0n) is 33.5. The van der Waals surface area contributed by atoms with Crippen molar-refractivity contribution in [1.29, 1.82) is 0 Å². The second kappa shape index (κ2) is 34.6. The molecule has 0 amide bonds. The third kappa shape index (κ3) is 33.2. The number of esters is 2. The predicted octanol–water partition coefficient (Wildman–Crippen LogP) is 9.35. The third-order valence-electron chi connectivity index (χ3n) is 9.03. The van der Waals surface area contributed by atoms with Gasteiger partial charge in [-0.05, 0) is 57.8 Å². The van der Waals surface area contributed by atoms with Crippen LogP contribution in [0.1, 0.15) is 168 Å². The second-order valence-corrected chi connectivity index (χ2v) is 14.9. The van der Waals surface area contributed by atoms with Crippen molar-refractivity contribution in [3.63, 3.8) is 0 Å². The molecule has 0 saturated heterocycles. The molecule has 2 unspecified atom stereocenters. The number of unbranched alkanes of at least 4 members (excludes halogenated alkanes) is 17. The van der Waals surface area contributed by atoms with Crippen LogP contribution in [0.15, 0.2) is 36.5 Å². The molecule has 0 radical (unpaired) electrons. The summed E-state index contributed by atoms with van der Waals surface area (Å²) in [6, 6.07) is -0.730. The molecule has 0 N–H and O–H groups in total. The van der Waals surface area contributed by atoms with Gasteiger partial charge in [-0.25, -0.2) is 0 Å². The summed E-state index contributed by atoms with van der Waals surface area (Å²) in [6.45, 7) is 4.56. The van der Waals surface area contributed by atoms with Crippen molar-refractivity contribution < 1.29 is 38.2 Å². The Balaban J connectivity index is 4.36. The average molecular weight is 720 g/mol. The molecule has 0 spiro atoms. The van der Waals surface area contributed by atoms with Crippen molar-refractivity contribution in [3.8, 4) is 0 Å². The van der Waals surface area contributed by atoms with Crippen molar-refractivity contribution in [2.24, 2.45) is 0 Å². The lowest BCUT2D eigenvalue weighted by Crippen LogP contribution is -2.55. The van der Waals surface area contributed by atoms with Crippen LogP contribution in [0.2, 0.25) is 0 Å². The monoisotopic (exact) mass is 720 g/mol. The number of rotatable bonds is 36. The predicted molar refractivity (Wildman–Crippen MR) is 208 cm³/mol. The fourth-order valence-corrected chi connectivity index (χ4v) is 5.77. The van der Waals surface area contributed by atoms with Gasteiger partial charge in [0.25, 0.3) is 0 Å². The van der Waals surface area contributed by atoms with Crippen LogP contribution in [0.3, 0.4) is 0 Å². The highest BCUT2D eigenvalue weighted by atomic mass is 16.6. The Morgan fingerprint density at radius 1 is 0.588 bits per heavy atom. The van der Waals surface area contributed by atoms with Gasteiger partial charge in [-0.3, -0.25) is 9.59 Å². The summed E-state index contributed by atoms with van der Waals surface area (Å²) in [7, 11) is 5.38. The van der Waals surface area contributed by atoms with Gasteiger partial charge in [0.2, 0.25) is 0 Å². The molecule has 0 aliphatic carbocycles. The van der Waals surface area contributed by atoms with Gasteiger partial charge in [0, 0.05) is 19.3 Å². The molecule has 296 valence electrons. The SMILES string of the molecule is CCCCCC/C=C/CCCC(=O)OC(COCCC(C(=O)[O-])[N+](C)(C)C)COC(=O)CCCCCCC/C=C/C=C/CCCCCCCCC. The summed E-state index contributed by atoms with van der Waals surface area (Å²) in [5.41, 5.74) is 0. The molecule has 8 heteroatoms. The molecular formula is C43H77NO7. The third-order valence-corrected chi connectivity index (χ3v) is 9.03. The smallest absolute Gasteiger partial charge is 0.306 e. The molecule has 8 nitrogen and oxygen atoms in total. The molecule has 0 saturated carbocycles. The zero-order valence-corrected chi connectivity index (χ0v) is 33.5. The lowest BCUT2D eigenvalue weighted by Gasteiger charge is -2.34. The van der Waals surface area contributed by atoms with E-state index in [9.17, 15) is 19.5 Å². The molecule has 0 bridgehead atoms. The highest BCUT2D eigenvalue weighted by molar-refractivity contribution is 5.70. The first-order valence-corrected chi connectivity index (χ1v) is 20.5. The van der Waals surface area contributed by atoms with Gasteiger partial charge in [0.15, 0.2) is 6.10 Å². The first-order chi connectivity index (χ1) is 24.6. The van der Waals surface area contributed by atoms with E-state index in [4.69, 9.17) is 14.2 Å². The number of carbonyl (C=O) groups excluding carboxylic acids is 3. The van der Waals surface area contributed by atoms with Crippen LogP contribution in [0.25, 0.3) is 0 Å². The van der Waals surface area contributed by atoms with Crippen LogP contribution in [0, 0.1) is 0 Å². The summed E-state index contributed by atoms with van der Waals surface area (Å²) in [6.07, 6.45) is 37.5. The van der Waals surface area contributed by atoms with Crippen molar-refractivity contribution >= 4 is 17.9 Å². The van der Waals surface area contributed by atoms with Gasteiger partial charge in [0.1, 0.15) is 12.6 Å². The highest BCUT2D eigenvalue weighted by Crippen LogP contribution is 2.12. The van der Waals surface area contributed by atoms with Crippen LogP contribution in [0.4, 0.5) is 0 Å². The van der Waals surface area contributed by atoms with E-state index in [1.54, 1.807) is 21.1 Å². The normalized spacial score (nSPS) is 13.4. The number of carbonyl (C=O) groups is 3. The average Bonchev–Trinajstić information content (AvgIpc) is 3.08. The van der Waals surface area contributed by atoms with Gasteiger partial charge < -0.3 is 28.6 Å². The Bertz CT molecular complexity index is 937. The molecule has 0 heterocycles. The van der Waals surface area contributed by atoms with Gasteiger partial charge in [-0.15, -0.1) is 0 Å². The molecule has 0 fully saturated rings. The summed E-state index contributed by atoms with van der Waals surface area (Å²) in [5.74, 6) is -1.80. The van der Waals surface area contributed by atoms with Crippen molar-refractivity contribution in [1.82, 2.24) is 0 Å². The van der Waals surface area contributed by atoms with E-state index in [1.165, 1.54) is 77.0 Å². The molecule has 0 aromatic carbocycles. The Labute approximate surface area is 313 Å². The minimum Gasteiger partial charge on any atom is -0.544 e. The maximum atomic E-state index is 12.6. The fourth-order valence-electron chi connectivity index (χ4n) is 5.77. The number of quaternary nitrogens is 1. The number of carboxylic acid groups (broad SMARTS) is 1. The molecule has 0 rings (SSSR count). The molecule has 0 aromatic heterocycles. The van der Waals surface area contributed by atoms with Gasteiger partial charge >= 0.3 is 11.9 Å². The first kappa shape index (κ1) is 48.5. The summed E-state index contributed by atoms with van der Waals surface area (Å²) >= 11 is 0. The van der Waals surface area contributed by atoms with Crippen LogP contribution in [0.5, 0.6) is 0 Å². The fraction of sp³-hybridized carbons (Fsp3) is 0.791. The molecule has 0 aromatic rings. The van der Waals surface area contributed by atoms with E-state index in [0.717, 1.165) is 51.4 Å². The van der Waals surface area contributed by atoms with Crippen molar-refractivity contribution in [3.05, 3.63) is 36.5 Å². The Morgan fingerprint density at radius 2 is 1.06 bits per heavy atom. The first-order valence-electron chi connectivity index (χ1n) is 20.5. The minimum absolute atomic E-state index is 0.0248. The van der Waals surface area contributed by atoms with Crippen molar-refractivity contribution in [2.45, 2.75) is 180 Å². The van der Waals surface area contributed by atoms with Gasteiger partial charge in [-0.2, -0.15) is 0 Å². The second-order valence-electron chi connectivity index (χ2n) is 14.9. The summed E-state index contributed by atoms with van der Waals surface area (Å²) in [4.78, 5) is 36.6. The molecule has 0 aliphatic rings. The standard InChI is InChI=1S/C43H77NO7/c1-6-8-10-12-14-16-17-18-19-20-21-22-23-24-26-27-29-31-33-41(45)50-38-39(37-49-36-35-40(43(47)48)44(3,4)5)51-42(46)34-32-30-28-25-15-13-11-9-7-2/h19-22,25,28,39-40H,6-18,23-24,26-27,29-38H2,1-5H3/b20-19+,22-21+,28-25+. The molecule has 51 heavy (non-hydrogen) atoms. The van der Waals surface area contributed by atoms with E-state index in [0.29, 0.717) is 12.8 Å². The van der Waals surface area contributed by atoms with Gasteiger partial charge in [-0.1, -0.05) is 127 Å². The van der Waals surface area contributed by atoms with Crippen molar-refractivity contribution in [2.75, 3.05) is 41.0 Å². The number of carboxylic acids is 1. The lowest BCUT2D eigenvalue weighted by atomic mass is 10.1. The maximum absolute atomic E-state index is 12.6. The van der Waals surface area contributed by atoms with Crippen LogP contribution >= 0.6 is 0 Å². The Hall–Kier alpha value is -2.45. The van der Waals surface area contributed by atoms with Crippen LogP contribution < -0.4 is 5.11 Å². The largest absolute Gasteiger partial charge is 0.544 e. The number of aliphatic carboxylic acids is 1. The minimum atomic E-state index is -1.13. The summed E-state index contributed by atoms with van der Waals surface area (Å²) < 4.78 is 17.0. The number of allylic oxidation sites excluding steroid dienone is 6. The number of hydrogen-bond donors (Lipinski definition) is 0. The highest BCUT2D eigenvalue weighted by Gasteiger charge is 2.25. The lowest BCUT2D eigenvalue weighted by molar-refractivity contribution is -0.889. The quantitative estimate of drug-likeness (QED) is 0.0209. The zero-order chi connectivity index (χ0) is 37.8.